The van der Waals surface area contributed by atoms with Crippen LogP contribution in [0.25, 0.3) is 4.96 Å². The maximum absolute atomic E-state index is 12.6. The number of carbonyl (C=O) groups excluding carboxylic acids is 3. The van der Waals surface area contributed by atoms with E-state index in [9.17, 15) is 19.2 Å². The van der Waals surface area contributed by atoms with E-state index in [1.807, 2.05) is 0 Å². The van der Waals surface area contributed by atoms with E-state index in [1.54, 1.807) is 11.6 Å². The highest BCUT2D eigenvalue weighted by Crippen LogP contribution is 2.38. The van der Waals surface area contributed by atoms with Crippen molar-refractivity contribution in [2.45, 2.75) is 45.3 Å². The molecule has 3 heterocycles. The van der Waals surface area contributed by atoms with Gasteiger partial charge in [0, 0.05) is 17.6 Å². The molecular formula is C18H19N3O5S. The summed E-state index contributed by atoms with van der Waals surface area (Å²) in [7, 11) is 0. The molecule has 142 valence electrons. The predicted octanol–water partition coefficient (Wildman–Crippen LogP) is 1.36. The Morgan fingerprint density at radius 2 is 1.93 bits per heavy atom. The molecule has 3 atom stereocenters. The number of fused-ring (bicyclic) bond motifs is 2. The van der Waals surface area contributed by atoms with Crippen LogP contribution in [0.1, 0.15) is 38.3 Å². The number of esters is 1. The molecule has 8 nitrogen and oxygen atoms in total. The zero-order valence-electron chi connectivity index (χ0n) is 14.8. The van der Waals surface area contributed by atoms with E-state index in [1.165, 1.54) is 28.7 Å². The summed E-state index contributed by atoms with van der Waals surface area (Å²) in [5.41, 5.74) is 0.0741. The second-order valence-corrected chi connectivity index (χ2v) is 7.84. The minimum absolute atomic E-state index is 0.185. The number of ether oxygens (including phenoxy) is 1. The van der Waals surface area contributed by atoms with Crippen molar-refractivity contribution in [3.8, 4) is 0 Å². The molecule has 1 aliphatic carbocycles. The lowest BCUT2D eigenvalue weighted by Gasteiger charge is -2.21. The van der Waals surface area contributed by atoms with Gasteiger partial charge in [-0.3, -0.25) is 23.7 Å². The van der Waals surface area contributed by atoms with Crippen LogP contribution in [0, 0.1) is 11.8 Å². The molecule has 2 aromatic heterocycles. The molecule has 1 aliphatic heterocycles. The molecule has 2 amide bonds. The topological polar surface area (TPSA) is 98.1 Å². The molecule has 0 bridgehead atoms. The van der Waals surface area contributed by atoms with Crippen molar-refractivity contribution in [3.63, 3.8) is 0 Å². The molecule has 0 radical (unpaired) electrons. The van der Waals surface area contributed by atoms with E-state index in [2.05, 4.69) is 4.98 Å². The quantitative estimate of drug-likeness (QED) is 0.578. The average Bonchev–Trinajstić information content (AvgIpc) is 3.23. The van der Waals surface area contributed by atoms with Gasteiger partial charge in [0.15, 0.2) is 4.96 Å². The van der Waals surface area contributed by atoms with E-state index in [0.717, 1.165) is 17.7 Å². The maximum atomic E-state index is 12.6. The van der Waals surface area contributed by atoms with E-state index in [0.29, 0.717) is 23.5 Å². The lowest BCUT2D eigenvalue weighted by Crippen LogP contribution is -2.44. The number of imide groups is 1. The Morgan fingerprint density at radius 3 is 2.59 bits per heavy atom. The first kappa shape index (κ1) is 17.8. The normalized spacial score (nSPS) is 23.5. The SMILES string of the molecule is C[C@@H](C(=O)OCc1cc(=O)n2ccsc2n1)N1C(=O)[C@H]2CCCC[C@H]2C1=O. The Bertz CT molecular complexity index is 957. The first-order valence-electron chi connectivity index (χ1n) is 8.96. The van der Waals surface area contributed by atoms with Gasteiger partial charge in [0.25, 0.3) is 5.56 Å². The van der Waals surface area contributed by atoms with Crippen LogP contribution in [0.5, 0.6) is 0 Å². The second kappa shape index (κ2) is 6.88. The molecule has 1 saturated heterocycles. The fourth-order valence-corrected chi connectivity index (χ4v) is 4.64. The number of hydrogen-bond acceptors (Lipinski definition) is 7. The average molecular weight is 389 g/mol. The number of aromatic nitrogens is 2. The summed E-state index contributed by atoms with van der Waals surface area (Å²) in [6.45, 7) is 1.32. The van der Waals surface area contributed by atoms with E-state index < -0.39 is 12.0 Å². The van der Waals surface area contributed by atoms with Gasteiger partial charge in [0.1, 0.15) is 12.6 Å². The first-order chi connectivity index (χ1) is 13.0. The van der Waals surface area contributed by atoms with Gasteiger partial charge in [-0.2, -0.15) is 0 Å². The molecule has 2 aromatic rings. The van der Waals surface area contributed by atoms with E-state index in [-0.39, 0.29) is 35.8 Å². The summed E-state index contributed by atoms with van der Waals surface area (Å²) >= 11 is 1.30. The molecule has 9 heteroatoms. The smallest absolute Gasteiger partial charge is 0.329 e. The number of amides is 2. The zero-order chi connectivity index (χ0) is 19.1. The van der Waals surface area contributed by atoms with Crippen molar-refractivity contribution < 1.29 is 19.1 Å². The summed E-state index contributed by atoms with van der Waals surface area (Å²) in [5.74, 6) is -1.83. The van der Waals surface area contributed by atoms with Crippen LogP contribution in [0.3, 0.4) is 0 Å². The molecule has 0 aromatic carbocycles. The third kappa shape index (κ3) is 3.05. The number of nitrogens with zero attached hydrogens (tertiary/aromatic N) is 3. The van der Waals surface area contributed by atoms with Gasteiger partial charge in [-0.25, -0.2) is 9.78 Å². The van der Waals surface area contributed by atoms with Crippen molar-refractivity contribution in [1.29, 1.82) is 0 Å². The van der Waals surface area contributed by atoms with Gasteiger partial charge in [-0.05, 0) is 19.8 Å². The number of likely N-dealkylation sites (tertiary alicyclic amines) is 1. The minimum Gasteiger partial charge on any atom is -0.458 e. The molecule has 0 N–H and O–H groups in total. The molecule has 2 fully saturated rings. The van der Waals surface area contributed by atoms with Crippen LogP contribution >= 0.6 is 11.3 Å². The van der Waals surface area contributed by atoms with Gasteiger partial charge < -0.3 is 4.74 Å². The highest BCUT2D eigenvalue weighted by Gasteiger charge is 2.51. The van der Waals surface area contributed by atoms with Crippen LogP contribution in [-0.2, 0) is 25.7 Å². The van der Waals surface area contributed by atoms with Crippen LogP contribution in [0.4, 0.5) is 0 Å². The van der Waals surface area contributed by atoms with E-state index in [4.69, 9.17) is 4.74 Å². The van der Waals surface area contributed by atoms with Gasteiger partial charge in [-0.15, -0.1) is 11.3 Å². The van der Waals surface area contributed by atoms with Crippen LogP contribution in [0.15, 0.2) is 22.4 Å². The Morgan fingerprint density at radius 1 is 1.26 bits per heavy atom. The monoisotopic (exact) mass is 389 g/mol. The lowest BCUT2D eigenvalue weighted by atomic mass is 9.81. The number of rotatable bonds is 4. The number of thiazole rings is 1. The number of carbonyl (C=O) groups is 3. The minimum atomic E-state index is -0.984. The van der Waals surface area contributed by atoms with Crippen molar-refractivity contribution in [1.82, 2.24) is 14.3 Å². The van der Waals surface area contributed by atoms with Gasteiger partial charge in [0.05, 0.1) is 17.5 Å². The molecule has 2 aliphatic rings. The van der Waals surface area contributed by atoms with Crippen LogP contribution in [0.2, 0.25) is 0 Å². The van der Waals surface area contributed by atoms with Gasteiger partial charge >= 0.3 is 5.97 Å². The highest BCUT2D eigenvalue weighted by molar-refractivity contribution is 7.15. The Balaban J connectivity index is 1.45. The summed E-state index contributed by atoms with van der Waals surface area (Å²) in [4.78, 5) is 55.4. The van der Waals surface area contributed by atoms with Gasteiger partial charge in [-0.1, -0.05) is 12.8 Å². The summed E-state index contributed by atoms with van der Waals surface area (Å²) in [6, 6.07) is 0.320. The molecular weight excluding hydrogens is 370 g/mol. The van der Waals surface area contributed by atoms with Crippen molar-refractivity contribution in [3.05, 3.63) is 33.7 Å². The largest absolute Gasteiger partial charge is 0.458 e. The Labute approximate surface area is 158 Å². The lowest BCUT2D eigenvalue weighted by molar-refractivity contribution is -0.159. The standard InChI is InChI=1S/C18H19N3O5S/c1-10(21-15(23)12-4-2-3-5-13(12)16(21)24)17(25)26-9-11-8-14(22)20-6-7-27-18(20)19-11/h6-8,10,12-13H,2-5,9H2,1H3/t10-,12-,13+/m0/s1. The predicted molar refractivity (Wildman–Crippen MR) is 95.9 cm³/mol. The fourth-order valence-electron chi connectivity index (χ4n) is 3.90. The van der Waals surface area contributed by atoms with Crippen molar-refractivity contribution in [2.75, 3.05) is 0 Å². The number of hydrogen-bond donors (Lipinski definition) is 0. The summed E-state index contributed by atoms with van der Waals surface area (Å²) in [5, 5.41) is 1.74. The fraction of sp³-hybridized carbons (Fsp3) is 0.500. The van der Waals surface area contributed by atoms with Crippen LogP contribution in [-0.4, -0.2) is 38.1 Å². The first-order valence-corrected chi connectivity index (χ1v) is 9.84. The van der Waals surface area contributed by atoms with Crippen molar-refractivity contribution >= 4 is 34.1 Å². The Kier molecular flexibility index (Phi) is 4.55. The van der Waals surface area contributed by atoms with Gasteiger partial charge in [0.2, 0.25) is 11.8 Å². The third-order valence-electron chi connectivity index (χ3n) is 5.32. The Hall–Kier alpha value is -2.55. The maximum Gasteiger partial charge on any atom is 0.329 e. The summed E-state index contributed by atoms with van der Waals surface area (Å²) < 4.78 is 6.65. The molecule has 0 unspecified atom stereocenters. The van der Waals surface area contributed by atoms with Crippen molar-refractivity contribution in [2.24, 2.45) is 11.8 Å². The third-order valence-corrected chi connectivity index (χ3v) is 6.08. The summed E-state index contributed by atoms with van der Waals surface area (Å²) in [6.07, 6.45) is 4.88. The molecule has 0 spiro atoms. The highest BCUT2D eigenvalue weighted by atomic mass is 32.1. The zero-order valence-corrected chi connectivity index (χ0v) is 15.6. The second-order valence-electron chi connectivity index (χ2n) is 6.97. The van der Waals surface area contributed by atoms with E-state index >= 15 is 0 Å². The molecule has 1 saturated carbocycles. The van der Waals surface area contributed by atoms with Crippen LogP contribution < -0.4 is 5.56 Å². The molecule has 27 heavy (non-hydrogen) atoms. The molecule has 4 rings (SSSR count).